The Morgan fingerprint density at radius 1 is 1.10 bits per heavy atom. The van der Waals surface area contributed by atoms with Gasteiger partial charge < -0.3 is 20.1 Å². The maximum absolute atomic E-state index is 13.0. The van der Waals surface area contributed by atoms with E-state index in [0.717, 1.165) is 48.5 Å². The van der Waals surface area contributed by atoms with Gasteiger partial charge in [-0.3, -0.25) is 9.78 Å². The number of piperazine rings is 1. The number of hydrogen-bond donors (Lipinski definition) is 2. The third-order valence-electron chi connectivity index (χ3n) is 5.38. The molecule has 9 heteroatoms. The predicted molar refractivity (Wildman–Crippen MR) is 119 cm³/mol. The lowest BCUT2D eigenvalue weighted by Gasteiger charge is -2.30. The molecule has 1 aliphatic heterocycles. The van der Waals surface area contributed by atoms with Crippen LogP contribution in [0.4, 0.5) is 11.4 Å². The summed E-state index contributed by atoms with van der Waals surface area (Å²) in [5.41, 5.74) is 4.63. The Bertz CT molecular complexity index is 1250. The van der Waals surface area contributed by atoms with E-state index in [1.54, 1.807) is 31.0 Å². The summed E-state index contributed by atoms with van der Waals surface area (Å²) in [6.45, 7) is 3.57. The summed E-state index contributed by atoms with van der Waals surface area (Å²) in [6, 6.07) is 9.35. The number of hydrogen-bond acceptors (Lipinski definition) is 7. The number of aryl methyl sites for hydroxylation is 1. The van der Waals surface area contributed by atoms with Crippen molar-refractivity contribution in [1.29, 1.82) is 0 Å². The normalized spacial score (nSPS) is 14.0. The van der Waals surface area contributed by atoms with E-state index in [2.05, 4.69) is 35.5 Å². The molecule has 4 heterocycles. The number of nitrogens with one attached hydrogen (secondary N) is 2. The Morgan fingerprint density at radius 2 is 1.97 bits per heavy atom. The molecule has 2 N–H and O–H groups in total. The fourth-order valence-electron chi connectivity index (χ4n) is 3.74. The molecular weight excluding hydrogens is 392 g/mol. The van der Waals surface area contributed by atoms with Gasteiger partial charge in [0.1, 0.15) is 5.69 Å². The zero-order chi connectivity index (χ0) is 21.2. The van der Waals surface area contributed by atoms with Gasteiger partial charge in [-0.15, -0.1) is 0 Å². The Balaban J connectivity index is 1.41. The molecule has 0 spiro atoms. The number of carbonyl (C=O) groups excluding carboxylic acids is 1. The molecule has 0 aliphatic carbocycles. The van der Waals surface area contributed by atoms with Crippen LogP contribution in [0, 0.1) is 0 Å². The third kappa shape index (κ3) is 3.82. The van der Waals surface area contributed by atoms with Gasteiger partial charge >= 0.3 is 0 Å². The average Bonchev–Trinajstić information content (AvgIpc) is 3.20. The number of pyridine rings is 1. The standard InChI is InChI=1S/C22H22N8O/c1-29-14-26-16-3-2-15(12-20(16)29)21-25-7-4-17(27-21)22(31)28-18-13-24-6-5-19(18)30-10-8-23-9-11-30/h2-7,12-14,23H,8-11H2,1H3,(H,28,31). The molecule has 9 nitrogen and oxygen atoms in total. The van der Waals surface area contributed by atoms with Gasteiger partial charge in [-0.1, -0.05) is 0 Å². The van der Waals surface area contributed by atoms with Crippen LogP contribution < -0.4 is 15.5 Å². The Morgan fingerprint density at radius 3 is 2.84 bits per heavy atom. The maximum Gasteiger partial charge on any atom is 0.274 e. The van der Waals surface area contributed by atoms with Crippen molar-refractivity contribution in [2.75, 3.05) is 36.4 Å². The van der Waals surface area contributed by atoms with Gasteiger partial charge in [0.15, 0.2) is 5.82 Å². The van der Waals surface area contributed by atoms with Crippen LogP contribution in [0.15, 0.2) is 55.2 Å². The number of imidazole rings is 1. The highest BCUT2D eigenvalue weighted by molar-refractivity contribution is 6.04. The lowest BCUT2D eigenvalue weighted by atomic mass is 10.2. The second-order valence-electron chi connectivity index (χ2n) is 7.41. The smallest absolute Gasteiger partial charge is 0.274 e. The highest BCUT2D eigenvalue weighted by Crippen LogP contribution is 2.26. The third-order valence-corrected chi connectivity index (χ3v) is 5.38. The van der Waals surface area contributed by atoms with E-state index in [1.165, 1.54) is 0 Å². The first kappa shape index (κ1) is 19.1. The van der Waals surface area contributed by atoms with Gasteiger partial charge in [0, 0.05) is 51.2 Å². The van der Waals surface area contributed by atoms with Crippen molar-refractivity contribution < 1.29 is 4.79 Å². The number of nitrogens with zero attached hydrogens (tertiary/aromatic N) is 6. The molecule has 1 fully saturated rings. The first-order valence-corrected chi connectivity index (χ1v) is 10.1. The summed E-state index contributed by atoms with van der Waals surface area (Å²) in [5, 5.41) is 6.31. The SMILES string of the molecule is Cn1cnc2ccc(-c3nccc(C(=O)Nc4cnccc4N4CCNCC4)n3)cc21. The van der Waals surface area contributed by atoms with Gasteiger partial charge in [0.25, 0.3) is 5.91 Å². The van der Waals surface area contributed by atoms with Gasteiger partial charge in [-0.25, -0.2) is 15.0 Å². The second kappa shape index (κ2) is 8.11. The highest BCUT2D eigenvalue weighted by Gasteiger charge is 2.17. The lowest BCUT2D eigenvalue weighted by molar-refractivity contribution is 0.102. The Hall–Kier alpha value is -3.85. The number of amides is 1. The predicted octanol–water partition coefficient (Wildman–Crippen LogP) is 2.09. The minimum atomic E-state index is -0.297. The van der Waals surface area contributed by atoms with E-state index >= 15 is 0 Å². The summed E-state index contributed by atoms with van der Waals surface area (Å²) < 4.78 is 1.94. The molecule has 0 radical (unpaired) electrons. The van der Waals surface area contributed by atoms with Crippen LogP contribution in [-0.4, -0.2) is 56.6 Å². The number of fused-ring (bicyclic) bond motifs is 1. The minimum Gasteiger partial charge on any atom is -0.367 e. The van der Waals surface area contributed by atoms with E-state index in [9.17, 15) is 4.79 Å². The van der Waals surface area contributed by atoms with Crippen LogP contribution in [0.1, 0.15) is 10.5 Å². The van der Waals surface area contributed by atoms with Crippen molar-refractivity contribution in [2.45, 2.75) is 0 Å². The van der Waals surface area contributed by atoms with Crippen molar-refractivity contribution in [2.24, 2.45) is 7.05 Å². The van der Waals surface area contributed by atoms with Crippen molar-refractivity contribution in [3.05, 3.63) is 60.9 Å². The molecule has 3 aromatic heterocycles. The molecule has 31 heavy (non-hydrogen) atoms. The van der Waals surface area contributed by atoms with Crippen LogP contribution >= 0.6 is 0 Å². The van der Waals surface area contributed by atoms with Crippen molar-refractivity contribution in [1.82, 2.24) is 29.8 Å². The summed E-state index contributed by atoms with van der Waals surface area (Å²) in [6.07, 6.45) is 6.78. The van der Waals surface area contributed by atoms with E-state index in [4.69, 9.17) is 0 Å². The fourth-order valence-corrected chi connectivity index (χ4v) is 3.74. The molecule has 5 rings (SSSR count). The van der Waals surface area contributed by atoms with Gasteiger partial charge in [-0.2, -0.15) is 0 Å². The van der Waals surface area contributed by atoms with Gasteiger partial charge in [0.05, 0.1) is 34.9 Å². The average molecular weight is 414 g/mol. The molecule has 156 valence electrons. The Kier molecular flexibility index (Phi) is 5.01. The number of benzene rings is 1. The molecule has 1 amide bonds. The van der Waals surface area contributed by atoms with Crippen LogP contribution in [0.3, 0.4) is 0 Å². The molecule has 0 unspecified atom stereocenters. The number of aromatic nitrogens is 5. The van der Waals surface area contributed by atoms with E-state index in [-0.39, 0.29) is 5.91 Å². The van der Waals surface area contributed by atoms with Gasteiger partial charge in [-0.05, 0) is 30.3 Å². The number of anilines is 2. The molecule has 1 aliphatic rings. The van der Waals surface area contributed by atoms with Crippen molar-refractivity contribution in [3.63, 3.8) is 0 Å². The molecule has 0 atom stereocenters. The van der Waals surface area contributed by atoms with Gasteiger partial charge in [0.2, 0.25) is 0 Å². The van der Waals surface area contributed by atoms with E-state index in [1.807, 2.05) is 35.9 Å². The molecule has 0 saturated carbocycles. The molecular formula is C22H22N8O. The van der Waals surface area contributed by atoms with Crippen LogP contribution in [0.2, 0.25) is 0 Å². The molecule has 1 aromatic carbocycles. The maximum atomic E-state index is 13.0. The monoisotopic (exact) mass is 414 g/mol. The zero-order valence-electron chi connectivity index (χ0n) is 17.1. The molecule has 4 aromatic rings. The zero-order valence-corrected chi connectivity index (χ0v) is 17.1. The van der Waals surface area contributed by atoms with E-state index < -0.39 is 0 Å². The fraction of sp³-hybridized carbons (Fsp3) is 0.227. The number of rotatable bonds is 4. The largest absolute Gasteiger partial charge is 0.367 e. The van der Waals surface area contributed by atoms with Crippen LogP contribution in [-0.2, 0) is 7.05 Å². The number of carbonyl (C=O) groups is 1. The second-order valence-corrected chi connectivity index (χ2v) is 7.41. The summed E-state index contributed by atoms with van der Waals surface area (Å²) in [7, 11) is 1.94. The molecule has 1 saturated heterocycles. The lowest BCUT2D eigenvalue weighted by Crippen LogP contribution is -2.43. The van der Waals surface area contributed by atoms with Crippen LogP contribution in [0.25, 0.3) is 22.4 Å². The first-order chi connectivity index (χ1) is 15.2. The summed E-state index contributed by atoms with van der Waals surface area (Å²) in [5.74, 6) is 0.193. The first-order valence-electron chi connectivity index (χ1n) is 10.1. The van der Waals surface area contributed by atoms with E-state index in [0.29, 0.717) is 17.2 Å². The minimum absolute atomic E-state index is 0.296. The molecule has 0 bridgehead atoms. The quantitative estimate of drug-likeness (QED) is 0.527. The Labute approximate surface area is 179 Å². The topological polar surface area (TPSA) is 101 Å². The van der Waals surface area contributed by atoms with Crippen molar-refractivity contribution in [3.8, 4) is 11.4 Å². The van der Waals surface area contributed by atoms with Crippen molar-refractivity contribution >= 4 is 28.3 Å². The summed E-state index contributed by atoms with van der Waals surface area (Å²) >= 11 is 0. The summed E-state index contributed by atoms with van der Waals surface area (Å²) in [4.78, 5) is 32.6. The van der Waals surface area contributed by atoms with Crippen LogP contribution in [0.5, 0.6) is 0 Å². The highest BCUT2D eigenvalue weighted by atomic mass is 16.1.